The highest BCUT2D eigenvalue weighted by molar-refractivity contribution is 5.80. The van der Waals surface area contributed by atoms with Gasteiger partial charge in [0, 0.05) is 19.5 Å². The molecule has 2 aromatic carbocycles. The van der Waals surface area contributed by atoms with Crippen molar-refractivity contribution in [2.75, 3.05) is 19.7 Å². The van der Waals surface area contributed by atoms with Crippen molar-refractivity contribution in [1.29, 1.82) is 0 Å². The molecule has 1 unspecified atom stereocenters. The minimum Gasteiger partial charge on any atom is -0.493 e. The first-order chi connectivity index (χ1) is 12.3. The first kappa shape index (κ1) is 17.3. The van der Waals surface area contributed by atoms with E-state index in [2.05, 4.69) is 66.9 Å². The molecule has 0 aromatic heterocycles. The van der Waals surface area contributed by atoms with E-state index in [1.54, 1.807) is 0 Å². The molecule has 0 amide bonds. The predicted molar refractivity (Wildman–Crippen MR) is 103 cm³/mol. The van der Waals surface area contributed by atoms with Crippen molar-refractivity contribution in [2.24, 2.45) is 4.99 Å². The maximum absolute atomic E-state index is 5.57. The normalized spacial score (nSPS) is 14.6. The maximum Gasteiger partial charge on any atom is 0.191 e. The van der Waals surface area contributed by atoms with Gasteiger partial charge in [0.1, 0.15) is 5.75 Å². The molecule has 0 aliphatic carbocycles. The minimum absolute atomic E-state index is 0.219. The lowest BCUT2D eigenvalue weighted by Gasteiger charge is -2.18. The summed E-state index contributed by atoms with van der Waals surface area (Å²) in [6.07, 6.45) is 1.95. The molecule has 2 aromatic rings. The molecular weight excluding hydrogens is 310 g/mol. The van der Waals surface area contributed by atoms with E-state index in [-0.39, 0.29) is 6.04 Å². The SMILES string of the molecule is CCNC(=NCCc1ccc2c(c1)CCO2)NC(C)c1ccccc1. The zero-order chi connectivity index (χ0) is 17.5. The van der Waals surface area contributed by atoms with Crippen LogP contribution in [0.15, 0.2) is 53.5 Å². The summed E-state index contributed by atoms with van der Waals surface area (Å²) in [5, 5.41) is 6.81. The number of hydrogen-bond donors (Lipinski definition) is 2. The highest BCUT2D eigenvalue weighted by atomic mass is 16.5. The fourth-order valence-corrected chi connectivity index (χ4v) is 3.04. The summed E-state index contributed by atoms with van der Waals surface area (Å²) in [5.74, 6) is 1.90. The molecule has 4 nitrogen and oxygen atoms in total. The molecular formula is C21H27N3O. The standard InChI is InChI=1S/C21H27N3O/c1-3-22-21(24-16(2)18-7-5-4-6-8-18)23-13-11-17-9-10-20-19(15-17)12-14-25-20/h4-10,15-16H,3,11-14H2,1-2H3,(H2,22,23,24). The van der Waals surface area contributed by atoms with Crippen LogP contribution >= 0.6 is 0 Å². The Kier molecular flexibility index (Phi) is 5.94. The summed E-state index contributed by atoms with van der Waals surface area (Å²) in [4.78, 5) is 4.73. The lowest BCUT2D eigenvalue weighted by Crippen LogP contribution is -2.38. The van der Waals surface area contributed by atoms with Gasteiger partial charge in [-0.3, -0.25) is 4.99 Å². The molecule has 1 atom stereocenters. The van der Waals surface area contributed by atoms with E-state index in [0.29, 0.717) is 0 Å². The van der Waals surface area contributed by atoms with Crippen LogP contribution < -0.4 is 15.4 Å². The first-order valence-electron chi connectivity index (χ1n) is 9.10. The first-order valence-corrected chi connectivity index (χ1v) is 9.10. The van der Waals surface area contributed by atoms with Crippen molar-refractivity contribution in [3.05, 3.63) is 65.2 Å². The summed E-state index contributed by atoms with van der Waals surface area (Å²) < 4.78 is 5.57. The van der Waals surface area contributed by atoms with Gasteiger partial charge in [-0.2, -0.15) is 0 Å². The Balaban J connectivity index is 1.58. The Bertz CT molecular complexity index is 712. The van der Waals surface area contributed by atoms with Gasteiger partial charge in [-0.05, 0) is 43.0 Å². The highest BCUT2D eigenvalue weighted by Crippen LogP contribution is 2.25. The predicted octanol–water partition coefficient (Wildman–Crippen LogP) is 3.48. The molecule has 25 heavy (non-hydrogen) atoms. The van der Waals surface area contributed by atoms with Gasteiger partial charge in [-0.25, -0.2) is 0 Å². The number of rotatable bonds is 6. The van der Waals surface area contributed by atoms with E-state index in [9.17, 15) is 0 Å². The van der Waals surface area contributed by atoms with Crippen LogP contribution in [0, 0.1) is 0 Å². The van der Waals surface area contributed by atoms with E-state index < -0.39 is 0 Å². The summed E-state index contributed by atoms with van der Waals surface area (Å²) in [7, 11) is 0. The molecule has 132 valence electrons. The number of nitrogens with zero attached hydrogens (tertiary/aromatic N) is 1. The van der Waals surface area contributed by atoms with Crippen molar-refractivity contribution in [3.8, 4) is 5.75 Å². The van der Waals surface area contributed by atoms with Crippen molar-refractivity contribution >= 4 is 5.96 Å². The molecule has 0 saturated heterocycles. The van der Waals surface area contributed by atoms with Crippen LogP contribution in [0.2, 0.25) is 0 Å². The number of nitrogens with one attached hydrogen (secondary N) is 2. The molecule has 4 heteroatoms. The second-order valence-corrected chi connectivity index (χ2v) is 6.33. The number of hydrogen-bond acceptors (Lipinski definition) is 2. The van der Waals surface area contributed by atoms with Gasteiger partial charge < -0.3 is 15.4 Å². The summed E-state index contributed by atoms with van der Waals surface area (Å²) in [6, 6.07) is 17.1. The fourth-order valence-electron chi connectivity index (χ4n) is 3.04. The second-order valence-electron chi connectivity index (χ2n) is 6.33. The molecule has 0 fully saturated rings. The molecule has 1 heterocycles. The van der Waals surface area contributed by atoms with Crippen LogP contribution in [-0.2, 0) is 12.8 Å². The molecule has 1 aliphatic rings. The summed E-state index contributed by atoms with van der Waals surface area (Å²) in [6.45, 7) is 6.66. The average molecular weight is 337 g/mol. The zero-order valence-corrected chi connectivity index (χ0v) is 15.1. The number of aliphatic imine (C=N–C) groups is 1. The van der Waals surface area contributed by atoms with E-state index >= 15 is 0 Å². The number of benzene rings is 2. The van der Waals surface area contributed by atoms with Crippen molar-refractivity contribution in [2.45, 2.75) is 32.7 Å². The molecule has 2 N–H and O–H groups in total. The molecule has 3 rings (SSSR count). The van der Waals surface area contributed by atoms with E-state index in [0.717, 1.165) is 44.2 Å². The summed E-state index contributed by atoms with van der Waals surface area (Å²) in [5.41, 5.74) is 3.90. The molecule has 0 radical (unpaired) electrons. The smallest absolute Gasteiger partial charge is 0.191 e. The Hall–Kier alpha value is -2.49. The van der Waals surface area contributed by atoms with Gasteiger partial charge in [0.15, 0.2) is 5.96 Å². The Morgan fingerprint density at radius 1 is 1.20 bits per heavy atom. The number of guanidine groups is 1. The maximum atomic E-state index is 5.57. The van der Waals surface area contributed by atoms with Crippen LogP contribution in [-0.4, -0.2) is 25.7 Å². The van der Waals surface area contributed by atoms with Crippen LogP contribution in [0.1, 0.15) is 36.6 Å². The van der Waals surface area contributed by atoms with E-state index in [1.807, 2.05) is 6.07 Å². The number of fused-ring (bicyclic) bond motifs is 1. The monoisotopic (exact) mass is 337 g/mol. The average Bonchev–Trinajstić information content (AvgIpc) is 3.10. The lowest BCUT2D eigenvalue weighted by atomic mass is 10.1. The molecule has 0 bridgehead atoms. The third kappa shape index (κ3) is 4.75. The van der Waals surface area contributed by atoms with Crippen LogP contribution in [0.3, 0.4) is 0 Å². The fraction of sp³-hybridized carbons (Fsp3) is 0.381. The quantitative estimate of drug-likeness (QED) is 0.627. The molecule has 1 aliphatic heterocycles. The minimum atomic E-state index is 0.219. The van der Waals surface area contributed by atoms with E-state index in [4.69, 9.17) is 9.73 Å². The van der Waals surface area contributed by atoms with Gasteiger partial charge in [-0.15, -0.1) is 0 Å². The van der Waals surface area contributed by atoms with E-state index in [1.165, 1.54) is 16.7 Å². The third-order valence-corrected chi connectivity index (χ3v) is 4.42. The van der Waals surface area contributed by atoms with Crippen LogP contribution in [0.25, 0.3) is 0 Å². The summed E-state index contributed by atoms with van der Waals surface area (Å²) >= 11 is 0. The second kappa shape index (κ2) is 8.56. The molecule has 0 saturated carbocycles. The van der Waals surface area contributed by atoms with Gasteiger partial charge in [0.2, 0.25) is 0 Å². The lowest BCUT2D eigenvalue weighted by molar-refractivity contribution is 0.357. The largest absolute Gasteiger partial charge is 0.493 e. The van der Waals surface area contributed by atoms with Gasteiger partial charge in [0.05, 0.1) is 12.6 Å². The zero-order valence-electron chi connectivity index (χ0n) is 15.1. The Morgan fingerprint density at radius 2 is 2.04 bits per heavy atom. The van der Waals surface area contributed by atoms with Gasteiger partial charge in [0.25, 0.3) is 0 Å². The van der Waals surface area contributed by atoms with Gasteiger partial charge in [-0.1, -0.05) is 42.5 Å². The Morgan fingerprint density at radius 3 is 2.84 bits per heavy atom. The highest BCUT2D eigenvalue weighted by Gasteiger charge is 2.12. The van der Waals surface area contributed by atoms with Gasteiger partial charge >= 0.3 is 0 Å². The van der Waals surface area contributed by atoms with Crippen LogP contribution in [0.4, 0.5) is 0 Å². The van der Waals surface area contributed by atoms with Crippen LogP contribution in [0.5, 0.6) is 5.75 Å². The number of ether oxygens (including phenoxy) is 1. The van der Waals surface area contributed by atoms with Crippen molar-refractivity contribution < 1.29 is 4.74 Å². The van der Waals surface area contributed by atoms with Crippen molar-refractivity contribution in [1.82, 2.24) is 10.6 Å². The van der Waals surface area contributed by atoms with Crippen molar-refractivity contribution in [3.63, 3.8) is 0 Å². The topological polar surface area (TPSA) is 45.7 Å². The molecule has 0 spiro atoms. The Labute approximate surface area is 150 Å². The third-order valence-electron chi connectivity index (χ3n) is 4.42.